The van der Waals surface area contributed by atoms with Gasteiger partial charge in [0, 0.05) is 25.3 Å². The topological polar surface area (TPSA) is 29.5 Å². The van der Waals surface area contributed by atoms with Gasteiger partial charge in [0.25, 0.3) is 0 Å². The zero-order chi connectivity index (χ0) is 15.4. The van der Waals surface area contributed by atoms with Crippen LogP contribution in [0.5, 0.6) is 5.75 Å². The van der Waals surface area contributed by atoms with Crippen molar-refractivity contribution in [2.24, 2.45) is 0 Å². The van der Waals surface area contributed by atoms with Gasteiger partial charge < -0.3 is 9.64 Å². The summed E-state index contributed by atoms with van der Waals surface area (Å²) in [7, 11) is 4.03. The molecule has 0 bridgehead atoms. The van der Waals surface area contributed by atoms with Crippen LogP contribution in [-0.2, 0) is 0 Å². The van der Waals surface area contributed by atoms with E-state index in [-0.39, 0.29) is 11.9 Å². The first kappa shape index (κ1) is 15.1. The Morgan fingerprint density at radius 1 is 1.10 bits per heavy atom. The summed E-state index contributed by atoms with van der Waals surface area (Å²) in [6.07, 6.45) is -0.0663. The Kier molecular flexibility index (Phi) is 4.63. The van der Waals surface area contributed by atoms with E-state index in [0.717, 1.165) is 11.3 Å². The van der Waals surface area contributed by atoms with E-state index in [2.05, 4.69) is 29.2 Å². The Bertz CT molecular complexity index is 617. The van der Waals surface area contributed by atoms with Crippen LogP contribution < -0.4 is 9.64 Å². The lowest BCUT2D eigenvalue weighted by atomic mass is 10.1. The number of ether oxygens (including phenoxy) is 1. The molecule has 1 unspecified atom stereocenters. The molecule has 0 fully saturated rings. The van der Waals surface area contributed by atoms with Crippen LogP contribution >= 0.6 is 0 Å². The Balaban J connectivity index is 2.12. The molecule has 0 aliphatic heterocycles. The van der Waals surface area contributed by atoms with Gasteiger partial charge in [-0.15, -0.1) is 0 Å². The van der Waals surface area contributed by atoms with E-state index in [1.54, 1.807) is 19.1 Å². The van der Waals surface area contributed by atoms with Crippen LogP contribution in [0.2, 0.25) is 0 Å². The number of carbonyl (C=O) groups is 1. The molecule has 0 heterocycles. The Morgan fingerprint density at radius 3 is 2.33 bits per heavy atom. The summed E-state index contributed by atoms with van der Waals surface area (Å²) < 4.78 is 5.93. The standard InChI is InChI=1S/C18H21NO2/c1-13(20)16-6-5-7-18(12-16)21-14(2)15-8-10-17(11-9-15)19(3)4/h5-12,14H,1-4H3. The van der Waals surface area contributed by atoms with Gasteiger partial charge in [-0.05, 0) is 43.7 Å². The molecule has 0 radical (unpaired) electrons. The lowest BCUT2D eigenvalue weighted by Crippen LogP contribution is -2.09. The van der Waals surface area contributed by atoms with E-state index < -0.39 is 0 Å². The molecule has 21 heavy (non-hydrogen) atoms. The minimum absolute atomic E-state index is 0.0449. The summed E-state index contributed by atoms with van der Waals surface area (Å²) in [5, 5.41) is 0. The van der Waals surface area contributed by atoms with Gasteiger partial charge in [0.05, 0.1) is 0 Å². The quantitative estimate of drug-likeness (QED) is 0.774. The fraction of sp³-hybridized carbons (Fsp3) is 0.278. The molecule has 0 aliphatic carbocycles. The van der Waals surface area contributed by atoms with Gasteiger partial charge in [-0.3, -0.25) is 4.79 Å². The molecule has 0 saturated heterocycles. The number of rotatable bonds is 5. The number of benzene rings is 2. The fourth-order valence-corrected chi connectivity index (χ4v) is 2.10. The highest BCUT2D eigenvalue weighted by atomic mass is 16.5. The number of anilines is 1. The smallest absolute Gasteiger partial charge is 0.159 e. The van der Waals surface area contributed by atoms with Crippen molar-refractivity contribution in [3.8, 4) is 5.75 Å². The number of hydrogen-bond donors (Lipinski definition) is 0. The zero-order valence-electron chi connectivity index (χ0n) is 13.0. The van der Waals surface area contributed by atoms with Gasteiger partial charge in [-0.1, -0.05) is 24.3 Å². The van der Waals surface area contributed by atoms with E-state index in [1.807, 2.05) is 33.2 Å². The minimum Gasteiger partial charge on any atom is -0.486 e. The molecule has 2 aromatic carbocycles. The molecule has 0 amide bonds. The Hall–Kier alpha value is -2.29. The molecule has 0 aliphatic rings. The van der Waals surface area contributed by atoms with Crippen LogP contribution in [0.1, 0.15) is 35.9 Å². The van der Waals surface area contributed by atoms with Crippen molar-refractivity contribution in [1.29, 1.82) is 0 Å². The van der Waals surface area contributed by atoms with Gasteiger partial charge >= 0.3 is 0 Å². The minimum atomic E-state index is -0.0663. The van der Waals surface area contributed by atoms with Crippen molar-refractivity contribution in [3.05, 3.63) is 59.7 Å². The second kappa shape index (κ2) is 6.44. The fourth-order valence-electron chi connectivity index (χ4n) is 2.10. The average Bonchev–Trinajstić information content (AvgIpc) is 2.47. The van der Waals surface area contributed by atoms with E-state index in [1.165, 1.54) is 0 Å². The third kappa shape index (κ3) is 3.85. The Labute approximate surface area is 126 Å². The number of nitrogens with zero attached hydrogens (tertiary/aromatic N) is 1. The Morgan fingerprint density at radius 2 is 1.76 bits per heavy atom. The van der Waals surface area contributed by atoms with Gasteiger partial charge in [-0.2, -0.15) is 0 Å². The summed E-state index contributed by atoms with van der Waals surface area (Å²) in [5.41, 5.74) is 2.93. The van der Waals surface area contributed by atoms with Crippen molar-refractivity contribution in [2.45, 2.75) is 20.0 Å². The van der Waals surface area contributed by atoms with Gasteiger partial charge in [0.15, 0.2) is 5.78 Å². The van der Waals surface area contributed by atoms with Crippen molar-refractivity contribution in [3.63, 3.8) is 0 Å². The molecule has 0 N–H and O–H groups in total. The van der Waals surface area contributed by atoms with Crippen LogP contribution in [0.25, 0.3) is 0 Å². The molecule has 3 heteroatoms. The van der Waals surface area contributed by atoms with E-state index in [0.29, 0.717) is 11.3 Å². The summed E-state index contributed by atoms with van der Waals surface area (Å²) in [5.74, 6) is 0.760. The highest BCUT2D eigenvalue weighted by Crippen LogP contribution is 2.24. The zero-order valence-corrected chi connectivity index (χ0v) is 13.0. The van der Waals surface area contributed by atoms with Crippen LogP contribution in [0, 0.1) is 0 Å². The highest BCUT2D eigenvalue weighted by molar-refractivity contribution is 5.94. The second-order valence-electron chi connectivity index (χ2n) is 5.33. The van der Waals surface area contributed by atoms with Crippen molar-refractivity contribution in [1.82, 2.24) is 0 Å². The van der Waals surface area contributed by atoms with Crippen LogP contribution in [-0.4, -0.2) is 19.9 Å². The molecule has 0 saturated carbocycles. The summed E-state index contributed by atoms with van der Waals surface area (Å²) in [4.78, 5) is 13.5. The molecule has 1 atom stereocenters. The van der Waals surface area contributed by atoms with Crippen molar-refractivity contribution in [2.75, 3.05) is 19.0 Å². The molecule has 2 aromatic rings. The number of hydrogen-bond acceptors (Lipinski definition) is 3. The van der Waals surface area contributed by atoms with Crippen LogP contribution in [0.3, 0.4) is 0 Å². The summed E-state index contributed by atoms with van der Waals surface area (Å²) in [6, 6.07) is 15.6. The maximum Gasteiger partial charge on any atom is 0.159 e. The van der Waals surface area contributed by atoms with E-state index >= 15 is 0 Å². The number of carbonyl (C=O) groups excluding carboxylic acids is 1. The number of Topliss-reactive ketones (excluding diaryl/α,β-unsaturated/α-hetero) is 1. The molecule has 0 spiro atoms. The molecule has 0 aromatic heterocycles. The first-order chi connectivity index (χ1) is 9.97. The van der Waals surface area contributed by atoms with E-state index in [9.17, 15) is 4.79 Å². The third-order valence-electron chi connectivity index (χ3n) is 3.43. The monoisotopic (exact) mass is 283 g/mol. The first-order valence-corrected chi connectivity index (χ1v) is 7.02. The van der Waals surface area contributed by atoms with Crippen LogP contribution in [0.4, 0.5) is 5.69 Å². The normalized spacial score (nSPS) is 11.8. The van der Waals surface area contributed by atoms with Gasteiger partial charge in [-0.25, -0.2) is 0 Å². The molecule has 2 rings (SSSR count). The highest BCUT2D eigenvalue weighted by Gasteiger charge is 2.09. The van der Waals surface area contributed by atoms with Gasteiger partial charge in [0.1, 0.15) is 11.9 Å². The number of ketones is 1. The molecular weight excluding hydrogens is 262 g/mol. The lowest BCUT2D eigenvalue weighted by Gasteiger charge is -2.17. The maximum atomic E-state index is 11.4. The second-order valence-corrected chi connectivity index (χ2v) is 5.33. The summed E-state index contributed by atoms with van der Waals surface area (Å²) >= 11 is 0. The van der Waals surface area contributed by atoms with Crippen molar-refractivity contribution >= 4 is 11.5 Å². The predicted octanol–water partition coefficient (Wildman–Crippen LogP) is 4.10. The van der Waals surface area contributed by atoms with Crippen molar-refractivity contribution < 1.29 is 9.53 Å². The lowest BCUT2D eigenvalue weighted by molar-refractivity contribution is 0.101. The average molecular weight is 283 g/mol. The largest absolute Gasteiger partial charge is 0.486 e. The van der Waals surface area contributed by atoms with Gasteiger partial charge in [0.2, 0.25) is 0 Å². The first-order valence-electron chi connectivity index (χ1n) is 7.02. The maximum absolute atomic E-state index is 11.4. The van der Waals surface area contributed by atoms with Crippen LogP contribution in [0.15, 0.2) is 48.5 Å². The summed E-state index contributed by atoms with van der Waals surface area (Å²) in [6.45, 7) is 3.56. The SMILES string of the molecule is CC(=O)c1cccc(OC(C)c2ccc(N(C)C)cc2)c1. The predicted molar refractivity (Wildman–Crippen MR) is 86.3 cm³/mol. The molecule has 3 nitrogen and oxygen atoms in total. The van der Waals surface area contributed by atoms with E-state index in [4.69, 9.17) is 4.74 Å². The molecular formula is C18H21NO2. The molecule has 110 valence electrons. The third-order valence-corrected chi connectivity index (χ3v) is 3.43.